The topological polar surface area (TPSA) is 67.8 Å². The van der Waals surface area contributed by atoms with Gasteiger partial charge in [0, 0.05) is 11.8 Å². The number of aryl methyl sites for hydroxylation is 1. The molecule has 5 nitrogen and oxygen atoms in total. The Hall–Kier alpha value is -1.82. The summed E-state index contributed by atoms with van der Waals surface area (Å²) in [6.45, 7) is 8.11. The lowest BCUT2D eigenvalue weighted by atomic mass is 9.91. The van der Waals surface area contributed by atoms with Crippen molar-refractivity contribution in [1.29, 1.82) is 0 Å². The van der Waals surface area contributed by atoms with E-state index in [0.717, 1.165) is 17.9 Å². The molecule has 0 fully saturated rings. The van der Waals surface area contributed by atoms with E-state index in [4.69, 9.17) is 0 Å². The largest absolute Gasteiger partial charge is 0.319 e. The van der Waals surface area contributed by atoms with Crippen molar-refractivity contribution >= 4 is 22.9 Å². The molecule has 1 N–H and O–H groups in total. The van der Waals surface area contributed by atoms with E-state index in [-0.39, 0.29) is 11.3 Å². The molecule has 6 heteroatoms. The molecular weight excluding hydrogens is 272 g/mol. The van der Waals surface area contributed by atoms with Crippen LogP contribution in [0.15, 0.2) is 17.9 Å². The SMILES string of the molecule is CCc1ncc(NC(=O)c2scnc2C(C)(C)C)cn1. The standard InChI is InChI=1S/C14H18N4OS/c1-5-10-15-6-9(7-16-10)18-13(19)11-12(14(2,3)4)17-8-20-11/h6-8H,5H2,1-4H3,(H,18,19). The second-order valence-corrected chi connectivity index (χ2v) is 6.33. The molecule has 0 bridgehead atoms. The van der Waals surface area contributed by atoms with Crippen LogP contribution in [0.25, 0.3) is 0 Å². The van der Waals surface area contributed by atoms with E-state index >= 15 is 0 Å². The van der Waals surface area contributed by atoms with E-state index in [1.165, 1.54) is 11.3 Å². The Labute approximate surface area is 122 Å². The van der Waals surface area contributed by atoms with Gasteiger partial charge in [-0.05, 0) is 0 Å². The van der Waals surface area contributed by atoms with Crippen LogP contribution in [0.2, 0.25) is 0 Å². The highest BCUT2D eigenvalue weighted by molar-refractivity contribution is 7.12. The van der Waals surface area contributed by atoms with Crippen molar-refractivity contribution < 1.29 is 4.79 Å². The first-order valence-corrected chi connectivity index (χ1v) is 7.36. The number of anilines is 1. The van der Waals surface area contributed by atoms with E-state index in [9.17, 15) is 4.79 Å². The summed E-state index contributed by atoms with van der Waals surface area (Å²) in [6.07, 6.45) is 4.03. The summed E-state index contributed by atoms with van der Waals surface area (Å²) in [5, 5.41) is 2.81. The highest BCUT2D eigenvalue weighted by Crippen LogP contribution is 2.27. The minimum atomic E-state index is -0.162. The first kappa shape index (κ1) is 14.6. The van der Waals surface area contributed by atoms with Crippen molar-refractivity contribution in [3.05, 3.63) is 34.3 Å². The zero-order valence-electron chi connectivity index (χ0n) is 12.1. The quantitative estimate of drug-likeness (QED) is 0.943. The summed E-state index contributed by atoms with van der Waals surface area (Å²) < 4.78 is 0. The molecule has 1 amide bonds. The molecule has 0 radical (unpaired) electrons. The average Bonchev–Trinajstić information content (AvgIpc) is 2.89. The van der Waals surface area contributed by atoms with Crippen LogP contribution in [0.5, 0.6) is 0 Å². The third-order valence-electron chi connectivity index (χ3n) is 2.76. The number of rotatable bonds is 3. The zero-order chi connectivity index (χ0) is 14.8. The van der Waals surface area contributed by atoms with Gasteiger partial charge < -0.3 is 5.32 Å². The van der Waals surface area contributed by atoms with Gasteiger partial charge in [0.15, 0.2) is 0 Å². The molecule has 0 atom stereocenters. The highest BCUT2D eigenvalue weighted by atomic mass is 32.1. The predicted octanol–water partition coefficient (Wildman–Crippen LogP) is 3.05. The van der Waals surface area contributed by atoms with Crippen molar-refractivity contribution in [3.8, 4) is 0 Å². The fraction of sp³-hybridized carbons (Fsp3) is 0.429. The zero-order valence-corrected chi connectivity index (χ0v) is 12.9. The lowest BCUT2D eigenvalue weighted by molar-refractivity contribution is 0.102. The van der Waals surface area contributed by atoms with Gasteiger partial charge in [-0.25, -0.2) is 15.0 Å². The summed E-state index contributed by atoms with van der Waals surface area (Å²) in [5.41, 5.74) is 2.95. The lowest BCUT2D eigenvalue weighted by Gasteiger charge is -2.17. The van der Waals surface area contributed by atoms with Gasteiger partial charge in [0.1, 0.15) is 10.7 Å². The molecule has 106 valence electrons. The van der Waals surface area contributed by atoms with Gasteiger partial charge in [-0.15, -0.1) is 11.3 Å². The number of aromatic nitrogens is 3. The first-order chi connectivity index (χ1) is 9.41. The molecule has 2 heterocycles. The Morgan fingerprint density at radius 2 is 1.90 bits per heavy atom. The number of hydrogen-bond donors (Lipinski definition) is 1. The maximum Gasteiger partial charge on any atom is 0.267 e. The summed E-state index contributed by atoms with van der Waals surface area (Å²) in [6, 6.07) is 0. The van der Waals surface area contributed by atoms with E-state index in [1.807, 2.05) is 27.7 Å². The van der Waals surface area contributed by atoms with Crippen LogP contribution < -0.4 is 5.32 Å². The summed E-state index contributed by atoms with van der Waals surface area (Å²) in [7, 11) is 0. The number of amides is 1. The van der Waals surface area contributed by atoms with Crippen LogP contribution in [0.3, 0.4) is 0 Å². The van der Waals surface area contributed by atoms with Crippen molar-refractivity contribution in [2.24, 2.45) is 0 Å². The second-order valence-electron chi connectivity index (χ2n) is 5.48. The molecule has 2 aromatic heterocycles. The third kappa shape index (κ3) is 3.19. The van der Waals surface area contributed by atoms with E-state index in [2.05, 4.69) is 20.3 Å². The van der Waals surface area contributed by atoms with Gasteiger partial charge in [0.25, 0.3) is 5.91 Å². The Bertz CT molecular complexity index is 598. The second kappa shape index (κ2) is 5.66. The number of hydrogen-bond acceptors (Lipinski definition) is 5. The van der Waals surface area contributed by atoms with Gasteiger partial charge in [-0.1, -0.05) is 27.7 Å². The Morgan fingerprint density at radius 3 is 2.45 bits per heavy atom. The molecule has 0 spiro atoms. The number of carbonyl (C=O) groups is 1. The van der Waals surface area contributed by atoms with E-state index < -0.39 is 0 Å². The van der Waals surface area contributed by atoms with Crippen LogP contribution in [0.1, 0.15) is 48.9 Å². The van der Waals surface area contributed by atoms with Crippen molar-refractivity contribution in [1.82, 2.24) is 15.0 Å². The first-order valence-electron chi connectivity index (χ1n) is 6.48. The van der Waals surface area contributed by atoms with Gasteiger partial charge in [0.2, 0.25) is 0 Å². The minimum Gasteiger partial charge on any atom is -0.319 e. The summed E-state index contributed by atoms with van der Waals surface area (Å²) in [4.78, 5) is 25.6. The smallest absolute Gasteiger partial charge is 0.267 e. The summed E-state index contributed by atoms with van der Waals surface area (Å²) >= 11 is 1.35. The molecule has 20 heavy (non-hydrogen) atoms. The Morgan fingerprint density at radius 1 is 1.25 bits per heavy atom. The fourth-order valence-corrected chi connectivity index (χ4v) is 2.62. The third-order valence-corrected chi connectivity index (χ3v) is 3.59. The van der Waals surface area contributed by atoms with Crippen LogP contribution >= 0.6 is 11.3 Å². The van der Waals surface area contributed by atoms with E-state index in [1.54, 1.807) is 17.9 Å². The number of thiazole rings is 1. The van der Waals surface area contributed by atoms with Gasteiger partial charge >= 0.3 is 0 Å². The fourth-order valence-electron chi connectivity index (χ4n) is 1.73. The maximum absolute atomic E-state index is 12.3. The minimum absolute atomic E-state index is 0.157. The van der Waals surface area contributed by atoms with Gasteiger partial charge in [-0.3, -0.25) is 4.79 Å². The molecule has 0 unspecified atom stereocenters. The van der Waals surface area contributed by atoms with Crippen LogP contribution in [-0.2, 0) is 11.8 Å². The highest BCUT2D eigenvalue weighted by Gasteiger charge is 2.25. The molecule has 0 aliphatic heterocycles. The molecular formula is C14H18N4OS. The molecule has 0 aliphatic carbocycles. The van der Waals surface area contributed by atoms with Gasteiger partial charge in [-0.2, -0.15) is 0 Å². The molecule has 2 aromatic rings. The van der Waals surface area contributed by atoms with Gasteiger partial charge in [0.05, 0.1) is 29.3 Å². The summed E-state index contributed by atoms with van der Waals surface area (Å²) in [5.74, 6) is 0.599. The van der Waals surface area contributed by atoms with Crippen molar-refractivity contribution in [2.75, 3.05) is 5.32 Å². The molecule has 0 aromatic carbocycles. The number of nitrogens with zero attached hydrogens (tertiary/aromatic N) is 3. The van der Waals surface area contributed by atoms with Crippen LogP contribution in [0.4, 0.5) is 5.69 Å². The lowest BCUT2D eigenvalue weighted by Crippen LogP contribution is -2.20. The normalized spacial score (nSPS) is 11.4. The molecule has 0 saturated carbocycles. The molecule has 0 aliphatic rings. The van der Waals surface area contributed by atoms with Crippen molar-refractivity contribution in [3.63, 3.8) is 0 Å². The monoisotopic (exact) mass is 290 g/mol. The van der Waals surface area contributed by atoms with Crippen molar-refractivity contribution in [2.45, 2.75) is 39.5 Å². The number of nitrogens with one attached hydrogen (secondary N) is 1. The Balaban J connectivity index is 2.18. The Kier molecular flexibility index (Phi) is 4.13. The van der Waals surface area contributed by atoms with E-state index in [0.29, 0.717) is 10.6 Å². The molecule has 2 rings (SSSR count). The van der Waals surface area contributed by atoms with Crippen LogP contribution in [0, 0.1) is 0 Å². The number of carbonyl (C=O) groups excluding carboxylic acids is 1. The predicted molar refractivity (Wildman–Crippen MR) is 80.2 cm³/mol. The maximum atomic E-state index is 12.3. The van der Waals surface area contributed by atoms with Crippen LogP contribution in [-0.4, -0.2) is 20.9 Å². The average molecular weight is 290 g/mol. The molecule has 0 saturated heterocycles.